The molecule has 0 bridgehead atoms. The lowest BCUT2D eigenvalue weighted by atomic mass is 9.66. The third-order valence-electron chi connectivity index (χ3n) is 5.26. The zero-order valence-corrected chi connectivity index (χ0v) is 12.9. The largest absolute Gasteiger partial charge is 0.366 e. The first-order valence-electron chi connectivity index (χ1n) is 8.05. The maximum absolute atomic E-state index is 13.8. The average Bonchev–Trinajstić information content (AvgIpc) is 2.49. The molecule has 1 saturated heterocycles. The summed E-state index contributed by atoms with van der Waals surface area (Å²) in [6.45, 7) is 4.33. The van der Waals surface area contributed by atoms with Crippen LogP contribution in [0.15, 0.2) is 18.2 Å². The van der Waals surface area contributed by atoms with E-state index < -0.39 is 11.6 Å². The molecule has 1 heterocycles. The minimum Gasteiger partial charge on any atom is -0.366 e. The molecule has 1 saturated carbocycles. The number of halogens is 2. The maximum Gasteiger partial charge on any atom is 0.228 e. The molecule has 120 valence electrons. The van der Waals surface area contributed by atoms with Gasteiger partial charge in [-0.3, -0.25) is 4.79 Å². The maximum atomic E-state index is 13.8. The molecular weight excluding hydrogens is 286 g/mol. The lowest BCUT2D eigenvalue weighted by molar-refractivity contribution is -0.148. The number of anilines is 1. The summed E-state index contributed by atoms with van der Waals surface area (Å²) in [4.78, 5) is 16.4. The van der Waals surface area contributed by atoms with Gasteiger partial charge in [0, 0.05) is 37.7 Å². The molecule has 1 aliphatic carbocycles. The Morgan fingerprint density at radius 3 is 2.41 bits per heavy atom. The Hall–Kier alpha value is -1.65. The van der Waals surface area contributed by atoms with Gasteiger partial charge in [-0.05, 0) is 31.4 Å². The van der Waals surface area contributed by atoms with E-state index in [0.717, 1.165) is 37.8 Å². The Morgan fingerprint density at radius 2 is 1.86 bits per heavy atom. The number of amides is 1. The second-order valence-electron chi connectivity index (χ2n) is 6.36. The van der Waals surface area contributed by atoms with Crippen molar-refractivity contribution in [1.82, 2.24) is 4.90 Å². The Morgan fingerprint density at radius 1 is 1.18 bits per heavy atom. The van der Waals surface area contributed by atoms with E-state index in [1.54, 1.807) is 0 Å². The third-order valence-corrected chi connectivity index (χ3v) is 5.26. The molecule has 22 heavy (non-hydrogen) atoms. The summed E-state index contributed by atoms with van der Waals surface area (Å²) in [5.41, 5.74) is 0.146. The van der Waals surface area contributed by atoms with E-state index >= 15 is 0 Å². The lowest BCUT2D eigenvalue weighted by Crippen LogP contribution is -2.55. The normalized spacial score (nSPS) is 20.7. The van der Waals surface area contributed by atoms with Crippen LogP contribution >= 0.6 is 0 Å². The van der Waals surface area contributed by atoms with Gasteiger partial charge in [-0.25, -0.2) is 8.78 Å². The van der Waals surface area contributed by atoms with Crippen molar-refractivity contribution in [3.8, 4) is 0 Å². The summed E-state index contributed by atoms with van der Waals surface area (Å²) in [7, 11) is 0. The van der Waals surface area contributed by atoms with Gasteiger partial charge < -0.3 is 9.80 Å². The van der Waals surface area contributed by atoms with Gasteiger partial charge in [-0.1, -0.05) is 13.3 Å². The van der Waals surface area contributed by atoms with Gasteiger partial charge in [0.2, 0.25) is 5.91 Å². The summed E-state index contributed by atoms with van der Waals surface area (Å²) in [5.74, 6) is -0.597. The van der Waals surface area contributed by atoms with E-state index in [0.29, 0.717) is 31.9 Å². The predicted molar refractivity (Wildman–Crippen MR) is 81.7 cm³/mol. The van der Waals surface area contributed by atoms with E-state index in [4.69, 9.17) is 0 Å². The SMILES string of the molecule is CCC1(C(=O)N2CCN(c3cc(F)ccc3F)CC2)CCC1. The summed E-state index contributed by atoms with van der Waals surface area (Å²) in [6, 6.07) is 3.51. The molecule has 1 amide bonds. The summed E-state index contributed by atoms with van der Waals surface area (Å²) < 4.78 is 27.1. The van der Waals surface area contributed by atoms with Crippen LogP contribution in [-0.2, 0) is 4.79 Å². The van der Waals surface area contributed by atoms with Crippen molar-refractivity contribution in [2.75, 3.05) is 31.1 Å². The number of hydrogen-bond donors (Lipinski definition) is 0. The van der Waals surface area contributed by atoms with Gasteiger partial charge in [-0.15, -0.1) is 0 Å². The first-order chi connectivity index (χ1) is 10.6. The van der Waals surface area contributed by atoms with E-state index in [1.165, 1.54) is 6.07 Å². The molecule has 0 radical (unpaired) electrons. The number of carbonyl (C=O) groups excluding carboxylic acids is 1. The molecule has 1 aromatic carbocycles. The fourth-order valence-corrected chi connectivity index (χ4v) is 3.54. The van der Waals surface area contributed by atoms with E-state index in [1.807, 2.05) is 9.80 Å². The van der Waals surface area contributed by atoms with E-state index in [9.17, 15) is 13.6 Å². The quantitative estimate of drug-likeness (QED) is 0.856. The molecule has 0 atom stereocenters. The van der Waals surface area contributed by atoms with Crippen LogP contribution in [0.1, 0.15) is 32.6 Å². The lowest BCUT2D eigenvalue weighted by Gasteiger charge is -2.45. The van der Waals surface area contributed by atoms with Crippen LogP contribution in [0, 0.1) is 17.0 Å². The molecule has 2 aliphatic rings. The number of benzene rings is 1. The van der Waals surface area contributed by atoms with Crippen LogP contribution in [0.5, 0.6) is 0 Å². The monoisotopic (exact) mass is 308 g/mol. The summed E-state index contributed by atoms with van der Waals surface area (Å²) in [6.07, 6.45) is 4.00. The molecule has 1 aromatic rings. The van der Waals surface area contributed by atoms with Crippen molar-refractivity contribution in [3.63, 3.8) is 0 Å². The number of carbonyl (C=O) groups is 1. The molecule has 0 spiro atoms. The first kappa shape index (κ1) is 15.3. The van der Waals surface area contributed by atoms with Crippen molar-refractivity contribution in [1.29, 1.82) is 0 Å². The number of piperazine rings is 1. The van der Waals surface area contributed by atoms with Gasteiger partial charge in [0.05, 0.1) is 5.69 Å². The van der Waals surface area contributed by atoms with Crippen LogP contribution in [0.4, 0.5) is 14.5 Å². The fraction of sp³-hybridized carbons (Fsp3) is 0.588. The van der Waals surface area contributed by atoms with Crippen LogP contribution in [0.2, 0.25) is 0 Å². The molecule has 5 heteroatoms. The number of rotatable bonds is 3. The van der Waals surface area contributed by atoms with Gasteiger partial charge >= 0.3 is 0 Å². The molecule has 0 N–H and O–H groups in total. The van der Waals surface area contributed by atoms with Gasteiger partial charge in [-0.2, -0.15) is 0 Å². The van der Waals surface area contributed by atoms with E-state index in [-0.39, 0.29) is 11.3 Å². The smallest absolute Gasteiger partial charge is 0.228 e. The van der Waals surface area contributed by atoms with Crippen molar-refractivity contribution in [2.45, 2.75) is 32.6 Å². The van der Waals surface area contributed by atoms with Crippen LogP contribution in [0.3, 0.4) is 0 Å². The molecule has 3 nitrogen and oxygen atoms in total. The minimum absolute atomic E-state index is 0.147. The molecule has 2 fully saturated rings. The first-order valence-corrected chi connectivity index (χ1v) is 8.05. The molecule has 3 rings (SSSR count). The molecule has 0 unspecified atom stereocenters. The second kappa shape index (κ2) is 5.86. The topological polar surface area (TPSA) is 23.6 Å². The zero-order chi connectivity index (χ0) is 15.7. The minimum atomic E-state index is -0.436. The Bertz CT molecular complexity index is 558. The standard InChI is InChI=1S/C17H22F2N2O/c1-2-17(6-3-7-17)16(22)21-10-8-20(9-11-21)15-12-13(18)4-5-14(15)19/h4-5,12H,2-3,6-11H2,1H3. The summed E-state index contributed by atoms with van der Waals surface area (Å²) in [5, 5.41) is 0. The number of hydrogen-bond acceptors (Lipinski definition) is 2. The van der Waals surface area contributed by atoms with Crippen molar-refractivity contribution in [3.05, 3.63) is 29.8 Å². The van der Waals surface area contributed by atoms with Gasteiger partial charge in [0.25, 0.3) is 0 Å². The number of nitrogens with zero attached hydrogens (tertiary/aromatic N) is 2. The molecule has 0 aromatic heterocycles. The predicted octanol–water partition coefficient (Wildman–Crippen LogP) is 3.19. The van der Waals surface area contributed by atoms with Crippen LogP contribution in [-0.4, -0.2) is 37.0 Å². The highest BCUT2D eigenvalue weighted by molar-refractivity contribution is 5.83. The van der Waals surface area contributed by atoms with Crippen molar-refractivity contribution in [2.24, 2.45) is 5.41 Å². The van der Waals surface area contributed by atoms with Crippen LogP contribution < -0.4 is 4.90 Å². The Balaban J connectivity index is 1.65. The second-order valence-corrected chi connectivity index (χ2v) is 6.36. The highest BCUT2D eigenvalue weighted by Gasteiger charge is 2.45. The zero-order valence-electron chi connectivity index (χ0n) is 12.9. The molecular formula is C17H22F2N2O. The highest BCUT2D eigenvalue weighted by atomic mass is 19.1. The molecule has 1 aliphatic heterocycles. The van der Waals surface area contributed by atoms with Crippen LogP contribution in [0.25, 0.3) is 0 Å². The van der Waals surface area contributed by atoms with Crippen molar-refractivity contribution >= 4 is 11.6 Å². The summed E-state index contributed by atoms with van der Waals surface area (Å²) >= 11 is 0. The third kappa shape index (κ3) is 2.57. The van der Waals surface area contributed by atoms with Crippen molar-refractivity contribution < 1.29 is 13.6 Å². The Labute approximate surface area is 129 Å². The fourth-order valence-electron chi connectivity index (χ4n) is 3.54. The highest BCUT2D eigenvalue weighted by Crippen LogP contribution is 2.45. The van der Waals surface area contributed by atoms with Gasteiger partial charge in [0.1, 0.15) is 11.6 Å². The van der Waals surface area contributed by atoms with E-state index in [2.05, 4.69) is 6.92 Å². The Kier molecular flexibility index (Phi) is 4.06. The van der Waals surface area contributed by atoms with Gasteiger partial charge in [0.15, 0.2) is 0 Å². The average molecular weight is 308 g/mol.